The topological polar surface area (TPSA) is 38.3 Å². The van der Waals surface area contributed by atoms with E-state index in [0.717, 1.165) is 22.6 Å². The van der Waals surface area contributed by atoms with Crippen LogP contribution in [0.2, 0.25) is 5.02 Å². The van der Waals surface area contributed by atoms with Gasteiger partial charge in [-0.3, -0.25) is 4.79 Å². The van der Waals surface area contributed by atoms with Gasteiger partial charge in [-0.05, 0) is 36.6 Å². The number of hydrogen-bond donors (Lipinski definition) is 1. The molecule has 0 bridgehead atoms. The Morgan fingerprint density at radius 3 is 2.45 bits per heavy atom. The molecule has 3 nitrogen and oxygen atoms in total. The van der Waals surface area contributed by atoms with Gasteiger partial charge >= 0.3 is 0 Å². The molecule has 4 heteroatoms. The quantitative estimate of drug-likeness (QED) is 0.847. The molecule has 0 saturated carbocycles. The van der Waals surface area contributed by atoms with Crippen molar-refractivity contribution in [1.82, 2.24) is 5.32 Å². The lowest BCUT2D eigenvalue weighted by atomic mass is 10.1. The van der Waals surface area contributed by atoms with E-state index < -0.39 is 6.10 Å². The molecule has 0 saturated heterocycles. The van der Waals surface area contributed by atoms with Crippen LogP contribution in [0.25, 0.3) is 0 Å². The molecule has 0 aliphatic rings. The fourth-order valence-electron chi connectivity index (χ4n) is 2.00. The Hall–Kier alpha value is -1.84. The third-order valence-electron chi connectivity index (χ3n) is 3.34. The molecule has 2 aromatic carbocycles. The zero-order valence-electron chi connectivity index (χ0n) is 12.6. The van der Waals surface area contributed by atoms with Gasteiger partial charge in [0.15, 0.2) is 0 Å². The van der Waals surface area contributed by atoms with E-state index in [9.17, 15) is 4.79 Å². The van der Waals surface area contributed by atoms with Gasteiger partial charge in [0, 0.05) is 11.6 Å². The minimum Gasteiger partial charge on any atom is -0.364 e. The summed E-state index contributed by atoms with van der Waals surface area (Å²) in [7, 11) is 0. The molecular weight excluding hydrogens is 298 g/mol. The Bertz CT molecular complexity index is 584. The minimum absolute atomic E-state index is 0.0927. The zero-order valence-corrected chi connectivity index (χ0v) is 13.3. The highest BCUT2D eigenvalue weighted by molar-refractivity contribution is 6.30. The summed E-state index contributed by atoms with van der Waals surface area (Å²) in [4.78, 5) is 12.0. The standard InChI is InChI=1S/C18H20ClNO2/c1-14(22-13-16-5-3-2-4-6-16)18(21)20-12-11-15-7-9-17(19)10-8-15/h2-10,14H,11-13H2,1H3,(H,20,21)/t14-/m1/s1. The Balaban J connectivity index is 1.69. The van der Waals surface area contributed by atoms with Crippen molar-refractivity contribution in [3.05, 3.63) is 70.7 Å². The number of rotatable bonds is 7. The normalized spacial score (nSPS) is 11.9. The van der Waals surface area contributed by atoms with Gasteiger partial charge in [-0.25, -0.2) is 0 Å². The maximum Gasteiger partial charge on any atom is 0.248 e. The largest absolute Gasteiger partial charge is 0.364 e. The third-order valence-corrected chi connectivity index (χ3v) is 3.59. The van der Waals surface area contributed by atoms with Crippen LogP contribution in [0.3, 0.4) is 0 Å². The summed E-state index contributed by atoms with van der Waals surface area (Å²) >= 11 is 5.84. The molecule has 1 atom stereocenters. The first-order valence-electron chi connectivity index (χ1n) is 7.33. The molecule has 0 radical (unpaired) electrons. The van der Waals surface area contributed by atoms with Crippen molar-refractivity contribution in [3.63, 3.8) is 0 Å². The zero-order chi connectivity index (χ0) is 15.8. The second-order valence-electron chi connectivity index (χ2n) is 5.11. The monoisotopic (exact) mass is 317 g/mol. The number of halogens is 1. The van der Waals surface area contributed by atoms with E-state index >= 15 is 0 Å². The molecule has 0 aliphatic carbocycles. The van der Waals surface area contributed by atoms with Crippen LogP contribution in [0.5, 0.6) is 0 Å². The van der Waals surface area contributed by atoms with Crippen molar-refractivity contribution in [2.75, 3.05) is 6.54 Å². The smallest absolute Gasteiger partial charge is 0.248 e. The number of benzene rings is 2. The number of carbonyl (C=O) groups excluding carboxylic acids is 1. The van der Waals surface area contributed by atoms with Gasteiger partial charge in [0.05, 0.1) is 6.61 Å². The van der Waals surface area contributed by atoms with Crippen LogP contribution in [0.1, 0.15) is 18.1 Å². The lowest BCUT2D eigenvalue weighted by Gasteiger charge is -2.13. The molecule has 0 fully saturated rings. The van der Waals surface area contributed by atoms with Gasteiger partial charge in [-0.1, -0.05) is 54.1 Å². The van der Waals surface area contributed by atoms with Crippen molar-refractivity contribution in [2.24, 2.45) is 0 Å². The molecule has 2 rings (SSSR count). The average molecular weight is 318 g/mol. The van der Waals surface area contributed by atoms with Crippen LogP contribution in [0.15, 0.2) is 54.6 Å². The molecule has 2 aromatic rings. The van der Waals surface area contributed by atoms with Gasteiger partial charge in [-0.2, -0.15) is 0 Å². The lowest BCUT2D eigenvalue weighted by molar-refractivity contribution is -0.132. The van der Waals surface area contributed by atoms with Crippen molar-refractivity contribution < 1.29 is 9.53 Å². The van der Waals surface area contributed by atoms with Crippen LogP contribution >= 0.6 is 11.6 Å². The maximum absolute atomic E-state index is 12.0. The third kappa shape index (κ3) is 5.51. The summed E-state index contributed by atoms with van der Waals surface area (Å²) in [5, 5.41) is 3.60. The summed E-state index contributed by atoms with van der Waals surface area (Å²) in [5.74, 6) is -0.0927. The van der Waals surface area contributed by atoms with Crippen molar-refractivity contribution in [2.45, 2.75) is 26.1 Å². The number of hydrogen-bond acceptors (Lipinski definition) is 2. The average Bonchev–Trinajstić information content (AvgIpc) is 2.55. The van der Waals surface area contributed by atoms with Gasteiger partial charge in [0.2, 0.25) is 5.91 Å². The van der Waals surface area contributed by atoms with Gasteiger partial charge < -0.3 is 10.1 Å². The minimum atomic E-state index is -0.467. The molecule has 0 unspecified atom stereocenters. The van der Waals surface area contributed by atoms with Crippen molar-refractivity contribution in [3.8, 4) is 0 Å². The molecular formula is C18H20ClNO2. The fourth-order valence-corrected chi connectivity index (χ4v) is 2.12. The van der Waals surface area contributed by atoms with Crippen LogP contribution in [-0.2, 0) is 22.6 Å². The van der Waals surface area contributed by atoms with E-state index in [1.165, 1.54) is 0 Å². The molecule has 0 aromatic heterocycles. The van der Waals surface area contributed by atoms with Crippen molar-refractivity contribution in [1.29, 1.82) is 0 Å². The molecule has 22 heavy (non-hydrogen) atoms. The summed E-state index contributed by atoms with van der Waals surface area (Å²) < 4.78 is 5.58. The van der Waals surface area contributed by atoms with E-state index in [0.29, 0.717) is 13.2 Å². The Morgan fingerprint density at radius 2 is 1.77 bits per heavy atom. The fraction of sp³-hybridized carbons (Fsp3) is 0.278. The summed E-state index contributed by atoms with van der Waals surface area (Å²) in [6.07, 6.45) is 0.305. The Kier molecular flexibility index (Phi) is 6.44. The summed E-state index contributed by atoms with van der Waals surface area (Å²) in [6, 6.07) is 17.4. The van der Waals surface area contributed by atoms with E-state index in [-0.39, 0.29) is 5.91 Å². The van der Waals surface area contributed by atoms with E-state index in [1.807, 2.05) is 54.6 Å². The summed E-state index contributed by atoms with van der Waals surface area (Å²) in [5.41, 5.74) is 2.20. The van der Waals surface area contributed by atoms with Crippen LogP contribution in [0.4, 0.5) is 0 Å². The van der Waals surface area contributed by atoms with E-state index in [2.05, 4.69) is 5.32 Å². The maximum atomic E-state index is 12.0. The molecule has 0 aliphatic heterocycles. The second-order valence-corrected chi connectivity index (χ2v) is 5.54. The van der Waals surface area contributed by atoms with E-state index in [1.54, 1.807) is 6.92 Å². The van der Waals surface area contributed by atoms with Crippen LogP contribution in [0, 0.1) is 0 Å². The number of nitrogens with one attached hydrogen (secondary N) is 1. The SMILES string of the molecule is C[C@@H](OCc1ccccc1)C(=O)NCCc1ccc(Cl)cc1. The summed E-state index contributed by atoms with van der Waals surface area (Å²) in [6.45, 7) is 2.78. The molecule has 1 N–H and O–H groups in total. The van der Waals surface area contributed by atoms with Gasteiger partial charge in [-0.15, -0.1) is 0 Å². The van der Waals surface area contributed by atoms with E-state index in [4.69, 9.17) is 16.3 Å². The molecule has 1 amide bonds. The van der Waals surface area contributed by atoms with Gasteiger partial charge in [0.1, 0.15) is 6.10 Å². The highest BCUT2D eigenvalue weighted by atomic mass is 35.5. The van der Waals surface area contributed by atoms with Crippen LogP contribution in [-0.4, -0.2) is 18.6 Å². The first-order valence-corrected chi connectivity index (χ1v) is 7.70. The highest BCUT2D eigenvalue weighted by Crippen LogP contribution is 2.09. The Morgan fingerprint density at radius 1 is 1.09 bits per heavy atom. The molecule has 0 spiro atoms. The number of amides is 1. The first-order chi connectivity index (χ1) is 10.6. The predicted molar refractivity (Wildman–Crippen MR) is 88.9 cm³/mol. The van der Waals surface area contributed by atoms with Crippen LogP contribution < -0.4 is 5.32 Å². The van der Waals surface area contributed by atoms with Crippen molar-refractivity contribution >= 4 is 17.5 Å². The first kappa shape index (κ1) is 16.5. The number of carbonyl (C=O) groups is 1. The highest BCUT2D eigenvalue weighted by Gasteiger charge is 2.12. The molecule has 0 heterocycles. The Labute approximate surface area is 136 Å². The second kappa shape index (κ2) is 8.57. The van der Waals surface area contributed by atoms with Gasteiger partial charge in [0.25, 0.3) is 0 Å². The molecule has 116 valence electrons. The lowest BCUT2D eigenvalue weighted by Crippen LogP contribution is -2.35. The predicted octanol–water partition coefficient (Wildman–Crippen LogP) is 3.60. The number of ether oxygens (including phenoxy) is 1.